The number of amides is 2. The maximum atomic E-state index is 12.4. The molecule has 2 aromatic heterocycles. The molecule has 2 N–H and O–H groups in total. The van der Waals surface area contributed by atoms with Gasteiger partial charge in [-0.3, -0.25) is 9.59 Å². The van der Waals surface area contributed by atoms with Crippen LogP contribution in [0, 0.1) is 6.92 Å². The minimum Gasteiger partial charge on any atom is -0.462 e. The van der Waals surface area contributed by atoms with Crippen LogP contribution in [0.15, 0.2) is 22.8 Å². The van der Waals surface area contributed by atoms with Gasteiger partial charge >= 0.3 is 5.97 Å². The van der Waals surface area contributed by atoms with E-state index in [1.807, 2.05) is 13.8 Å². The Bertz CT molecular complexity index is 777. The smallest absolute Gasteiger partial charge is 0.341 e. The standard InChI is InChI=1S/C17H20N2O5S/c1-5-23-17(22)12-10(4)13(15(21)18-9(2)3)25-16(12)19-14(20)11-7-6-8-24-11/h6-9H,5H2,1-4H3,(H,18,21)(H,19,20). The third kappa shape index (κ3) is 4.27. The Morgan fingerprint density at radius 2 is 2.00 bits per heavy atom. The van der Waals surface area contributed by atoms with Gasteiger partial charge < -0.3 is 19.8 Å². The minimum atomic E-state index is -0.588. The Morgan fingerprint density at radius 1 is 1.28 bits per heavy atom. The lowest BCUT2D eigenvalue weighted by Gasteiger charge is -2.07. The first-order valence-corrected chi connectivity index (χ1v) is 8.63. The van der Waals surface area contributed by atoms with Gasteiger partial charge in [0.15, 0.2) is 5.76 Å². The van der Waals surface area contributed by atoms with E-state index in [-0.39, 0.29) is 34.9 Å². The van der Waals surface area contributed by atoms with Crippen LogP contribution in [-0.4, -0.2) is 30.4 Å². The first-order valence-electron chi connectivity index (χ1n) is 7.81. The molecule has 0 aliphatic rings. The fourth-order valence-corrected chi connectivity index (χ4v) is 3.26. The largest absolute Gasteiger partial charge is 0.462 e. The number of thiophene rings is 1. The van der Waals surface area contributed by atoms with Crippen molar-refractivity contribution in [1.29, 1.82) is 0 Å². The molecule has 7 nitrogen and oxygen atoms in total. The number of rotatable bonds is 6. The summed E-state index contributed by atoms with van der Waals surface area (Å²) in [6.07, 6.45) is 1.38. The van der Waals surface area contributed by atoms with E-state index in [1.165, 1.54) is 12.3 Å². The number of anilines is 1. The monoisotopic (exact) mass is 364 g/mol. The number of nitrogens with one attached hydrogen (secondary N) is 2. The molecule has 2 amide bonds. The average Bonchev–Trinajstić information content (AvgIpc) is 3.15. The van der Waals surface area contributed by atoms with Crippen LogP contribution in [0.2, 0.25) is 0 Å². The van der Waals surface area contributed by atoms with Gasteiger partial charge in [0.1, 0.15) is 5.00 Å². The van der Waals surface area contributed by atoms with E-state index >= 15 is 0 Å². The molecule has 2 rings (SSSR count). The van der Waals surface area contributed by atoms with Crippen molar-refractivity contribution in [3.8, 4) is 0 Å². The van der Waals surface area contributed by atoms with Crippen LogP contribution < -0.4 is 10.6 Å². The van der Waals surface area contributed by atoms with Gasteiger partial charge in [0.05, 0.1) is 23.3 Å². The van der Waals surface area contributed by atoms with Gasteiger partial charge in [-0.05, 0) is 45.4 Å². The van der Waals surface area contributed by atoms with Gasteiger partial charge in [0.2, 0.25) is 0 Å². The molecular formula is C17H20N2O5S. The molecule has 0 aromatic carbocycles. The Labute approximate surface area is 149 Å². The molecule has 0 spiro atoms. The highest BCUT2D eigenvalue weighted by atomic mass is 32.1. The molecule has 25 heavy (non-hydrogen) atoms. The van der Waals surface area contributed by atoms with E-state index in [0.29, 0.717) is 10.4 Å². The summed E-state index contributed by atoms with van der Waals surface area (Å²) in [5.41, 5.74) is 0.650. The second kappa shape index (κ2) is 7.98. The first kappa shape index (κ1) is 18.7. The van der Waals surface area contributed by atoms with Gasteiger partial charge in [-0.15, -0.1) is 11.3 Å². The SMILES string of the molecule is CCOC(=O)c1c(NC(=O)c2ccco2)sc(C(=O)NC(C)C)c1C. The highest BCUT2D eigenvalue weighted by Crippen LogP contribution is 2.34. The highest BCUT2D eigenvalue weighted by Gasteiger charge is 2.27. The van der Waals surface area contributed by atoms with Crippen LogP contribution in [0.3, 0.4) is 0 Å². The fraction of sp³-hybridized carbons (Fsp3) is 0.353. The lowest BCUT2D eigenvalue weighted by atomic mass is 10.1. The predicted molar refractivity (Wildman–Crippen MR) is 94.3 cm³/mol. The molecule has 0 radical (unpaired) electrons. The zero-order chi connectivity index (χ0) is 18.6. The van der Waals surface area contributed by atoms with Crippen molar-refractivity contribution >= 4 is 34.1 Å². The van der Waals surface area contributed by atoms with E-state index in [0.717, 1.165) is 11.3 Å². The predicted octanol–water partition coefficient (Wildman–Crippen LogP) is 3.22. The van der Waals surface area contributed by atoms with Crippen molar-refractivity contribution in [1.82, 2.24) is 5.32 Å². The van der Waals surface area contributed by atoms with Crippen LogP contribution in [0.25, 0.3) is 0 Å². The quantitative estimate of drug-likeness (QED) is 0.767. The van der Waals surface area contributed by atoms with E-state index in [4.69, 9.17) is 9.15 Å². The maximum Gasteiger partial charge on any atom is 0.341 e. The normalized spacial score (nSPS) is 10.6. The third-order valence-corrected chi connectivity index (χ3v) is 4.43. The number of ether oxygens (including phenoxy) is 1. The van der Waals surface area contributed by atoms with Crippen molar-refractivity contribution in [3.05, 3.63) is 40.2 Å². The lowest BCUT2D eigenvalue weighted by molar-refractivity contribution is 0.0527. The van der Waals surface area contributed by atoms with Crippen LogP contribution in [0.1, 0.15) is 56.9 Å². The van der Waals surface area contributed by atoms with E-state index in [9.17, 15) is 14.4 Å². The average molecular weight is 364 g/mol. The summed E-state index contributed by atoms with van der Waals surface area (Å²) in [6.45, 7) is 7.21. The van der Waals surface area contributed by atoms with Crippen molar-refractivity contribution in [2.24, 2.45) is 0 Å². The topological polar surface area (TPSA) is 97.6 Å². The fourth-order valence-electron chi connectivity index (χ4n) is 2.17. The van der Waals surface area contributed by atoms with Crippen LogP contribution >= 0.6 is 11.3 Å². The lowest BCUT2D eigenvalue weighted by Crippen LogP contribution is -2.29. The molecule has 0 saturated heterocycles. The van der Waals surface area contributed by atoms with E-state index < -0.39 is 11.9 Å². The summed E-state index contributed by atoms with van der Waals surface area (Å²) in [6, 6.07) is 3.04. The molecule has 0 bridgehead atoms. The zero-order valence-corrected chi connectivity index (χ0v) is 15.3. The molecule has 0 saturated carbocycles. The summed E-state index contributed by atoms with van der Waals surface area (Å²) in [5.74, 6) is -1.29. The van der Waals surface area contributed by atoms with Crippen molar-refractivity contribution in [2.45, 2.75) is 33.7 Å². The van der Waals surface area contributed by atoms with Crippen LogP contribution in [0.5, 0.6) is 0 Å². The minimum absolute atomic E-state index is 0.0544. The Morgan fingerprint density at radius 3 is 2.56 bits per heavy atom. The summed E-state index contributed by atoms with van der Waals surface area (Å²) in [5, 5.41) is 5.66. The van der Waals surface area contributed by atoms with Crippen molar-refractivity contribution < 1.29 is 23.5 Å². The number of furan rings is 1. The molecular weight excluding hydrogens is 344 g/mol. The number of esters is 1. The number of hydrogen-bond acceptors (Lipinski definition) is 6. The zero-order valence-electron chi connectivity index (χ0n) is 14.5. The molecule has 134 valence electrons. The van der Waals surface area contributed by atoms with E-state index in [1.54, 1.807) is 19.9 Å². The summed E-state index contributed by atoms with van der Waals surface area (Å²) in [4.78, 5) is 37.2. The highest BCUT2D eigenvalue weighted by molar-refractivity contribution is 7.18. The number of carbonyl (C=O) groups is 3. The second-order valence-electron chi connectivity index (χ2n) is 5.54. The molecule has 2 heterocycles. The summed E-state index contributed by atoms with van der Waals surface area (Å²) < 4.78 is 10.1. The Hall–Kier alpha value is -2.61. The number of hydrogen-bond donors (Lipinski definition) is 2. The van der Waals surface area contributed by atoms with Gasteiger partial charge in [-0.1, -0.05) is 0 Å². The van der Waals surface area contributed by atoms with Crippen LogP contribution in [0.4, 0.5) is 5.00 Å². The molecule has 2 aromatic rings. The molecule has 0 fully saturated rings. The molecule has 0 aliphatic heterocycles. The van der Waals surface area contributed by atoms with E-state index in [2.05, 4.69) is 10.6 Å². The Balaban J connectivity index is 2.40. The molecule has 8 heteroatoms. The number of carbonyl (C=O) groups excluding carboxylic acids is 3. The van der Waals surface area contributed by atoms with Crippen molar-refractivity contribution in [3.63, 3.8) is 0 Å². The van der Waals surface area contributed by atoms with Crippen molar-refractivity contribution in [2.75, 3.05) is 11.9 Å². The molecule has 0 atom stereocenters. The summed E-state index contributed by atoms with van der Waals surface area (Å²) in [7, 11) is 0. The maximum absolute atomic E-state index is 12.4. The van der Waals surface area contributed by atoms with Gasteiger partial charge in [0.25, 0.3) is 11.8 Å². The van der Waals surface area contributed by atoms with Gasteiger partial charge in [0, 0.05) is 6.04 Å². The first-order chi connectivity index (χ1) is 11.8. The third-order valence-electron chi connectivity index (χ3n) is 3.22. The molecule has 0 aliphatic carbocycles. The van der Waals surface area contributed by atoms with Crippen LogP contribution in [-0.2, 0) is 4.74 Å². The van der Waals surface area contributed by atoms with Gasteiger partial charge in [-0.25, -0.2) is 4.79 Å². The molecule has 0 unspecified atom stereocenters. The Kier molecular flexibility index (Phi) is 5.97. The van der Waals surface area contributed by atoms with Gasteiger partial charge in [-0.2, -0.15) is 0 Å². The summed E-state index contributed by atoms with van der Waals surface area (Å²) >= 11 is 1.03. The second-order valence-corrected chi connectivity index (χ2v) is 6.56.